The first-order valence-electron chi connectivity index (χ1n) is 8.78. The highest BCUT2D eigenvalue weighted by atomic mass is 16.6. The first-order chi connectivity index (χ1) is 11.1. The number of hydrogen-bond donors (Lipinski definition) is 1. The predicted octanol–water partition coefficient (Wildman–Crippen LogP) is 5.49. The summed E-state index contributed by atoms with van der Waals surface area (Å²) in [4.78, 5) is 21.0. The zero-order chi connectivity index (χ0) is 17.3. The summed E-state index contributed by atoms with van der Waals surface area (Å²) in [6, 6.07) is 0. The van der Waals surface area contributed by atoms with E-state index in [1.165, 1.54) is 0 Å². The van der Waals surface area contributed by atoms with Gasteiger partial charge in [0, 0.05) is 6.42 Å². The highest BCUT2D eigenvalue weighted by Gasteiger charge is 2.06. The third kappa shape index (κ3) is 15.0. The van der Waals surface area contributed by atoms with Crippen LogP contribution in [0.3, 0.4) is 0 Å². The van der Waals surface area contributed by atoms with Crippen LogP contribution in [-0.2, 0) is 4.79 Å². The van der Waals surface area contributed by atoms with Crippen LogP contribution < -0.4 is 0 Å². The van der Waals surface area contributed by atoms with Crippen LogP contribution in [0.25, 0.3) is 0 Å². The van der Waals surface area contributed by atoms with Gasteiger partial charge in [0.25, 0.3) is 0 Å². The molecule has 0 aromatic rings. The lowest BCUT2D eigenvalue weighted by Gasteiger charge is -1.98. The fourth-order valence-corrected chi connectivity index (χ4v) is 2.29. The van der Waals surface area contributed by atoms with Gasteiger partial charge in [-0.05, 0) is 38.2 Å². The van der Waals surface area contributed by atoms with E-state index in [2.05, 4.69) is 6.92 Å². The molecule has 0 saturated carbocycles. The van der Waals surface area contributed by atoms with Gasteiger partial charge in [-0.15, -0.1) is 0 Å². The van der Waals surface area contributed by atoms with Gasteiger partial charge in [-0.1, -0.05) is 51.2 Å². The van der Waals surface area contributed by atoms with E-state index in [0.717, 1.165) is 64.2 Å². The van der Waals surface area contributed by atoms with Gasteiger partial charge < -0.3 is 5.11 Å². The van der Waals surface area contributed by atoms with Crippen LogP contribution in [0, 0.1) is 10.1 Å². The van der Waals surface area contributed by atoms with Gasteiger partial charge in [-0.3, -0.25) is 14.9 Å². The highest BCUT2D eigenvalue weighted by Crippen LogP contribution is 2.11. The molecule has 0 amide bonds. The smallest absolute Gasteiger partial charge is 0.303 e. The molecule has 23 heavy (non-hydrogen) atoms. The molecule has 0 atom stereocenters. The van der Waals surface area contributed by atoms with E-state index in [-0.39, 0.29) is 11.3 Å². The SMILES string of the molecule is CCCCC/C=C(\C/C=C\CCCCCCCC(=O)O)[N+](=O)[O-]. The molecule has 1 N–H and O–H groups in total. The fourth-order valence-electron chi connectivity index (χ4n) is 2.29. The number of hydrogen-bond acceptors (Lipinski definition) is 3. The average molecular weight is 325 g/mol. The van der Waals surface area contributed by atoms with Crippen molar-refractivity contribution in [3.63, 3.8) is 0 Å². The number of carboxylic acids is 1. The number of carbonyl (C=O) groups is 1. The Morgan fingerprint density at radius 1 is 1.00 bits per heavy atom. The third-order valence-corrected chi connectivity index (χ3v) is 3.68. The maximum absolute atomic E-state index is 10.9. The Kier molecular flexibility index (Phi) is 14.2. The lowest BCUT2D eigenvalue weighted by atomic mass is 10.1. The minimum atomic E-state index is -0.725. The molecule has 0 radical (unpaired) electrons. The van der Waals surface area contributed by atoms with Crippen LogP contribution >= 0.6 is 0 Å². The Bertz CT molecular complexity index is 388. The van der Waals surface area contributed by atoms with Gasteiger partial charge in [-0.25, -0.2) is 0 Å². The number of nitro groups is 1. The van der Waals surface area contributed by atoms with E-state index in [4.69, 9.17) is 5.11 Å². The Hall–Kier alpha value is -1.65. The van der Waals surface area contributed by atoms with E-state index >= 15 is 0 Å². The van der Waals surface area contributed by atoms with Crippen molar-refractivity contribution < 1.29 is 14.8 Å². The molecular formula is C18H31NO4. The summed E-state index contributed by atoms with van der Waals surface area (Å²) >= 11 is 0. The molecule has 132 valence electrons. The first-order valence-corrected chi connectivity index (χ1v) is 8.78. The number of rotatable bonds is 15. The van der Waals surface area contributed by atoms with Crippen molar-refractivity contribution in [1.29, 1.82) is 0 Å². The topological polar surface area (TPSA) is 80.4 Å². The van der Waals surface area contributed by atoms with Crippen molar-refractivity contribution in [3.8, 4) is 0 Å². The van der Waals surface area contributed by atoms with Gasteiger partial charge in [0.05, 0.1) is 11.3 Å². The lowest BCUT2D eigenvalue weighted by molar-refractivity contribution is -0.427. The minimum Gasteiger partial charge on any atom is -0.481 e. The molecule has 0 saturated heterocycles. The number of allylic oxidation sites excluding steroid dienone is 3. The van der Waals surface area contributed by atoms with Gasteiger partial charge in [0.15, 0.2) is 0 Å². The summed E-state index contributed by atoms with van der Waals surface area (Å²) in [5.74, 6) is -0.725. The molecule has 0 aliphatic rings. The second-order valence-electron chi connectivity index (χ2n) is 5.82. The second-order valence-corrected chi connectivity index (χ2v) is 5.82. The fraction of sp³-hybridized carbons (Fsp3) is 0.722. The number of nitrogens with zero attached hydrogens (tertiary/aromatic N) is 1. The van der Waals surface area contributed by atoms with E-state index < -0.39 is 5.97 Å². The maximum Gasteiger partial charge on any atom is 0.303 e. The maximum atomic E-state index is 10.9. The molecule has 5 nitrogen and oxygen atoms in total. The molecule has 0 aromatic carbocycles. The minimum absolute atomic E-state index is 0.258. The van der Waals surface area contributed by atoms with Crippen LogP contribution in [0.2, 0.25) is 0 Å². The summed E-state index contributed by atoms with van der Waals surface area (Å²) in [5.41, 5.74) is 0.297. The normalized spacial score (nSPS) is 12.0. The largest absolute Gasteiger partial charge is 0.481 e. The number of aliphatic carboxylic acids is 1. The zero-order valence-electron chi connectivity index (χ0n) is 14.3. The molecule has 0 fully saturated rings. The van der Waals surface area contributed by atoms with Crippen molar-refractivity contribution in [1.82, 2.24) is 0 Å². The molecule has 0 unspecified atom stereocenters. The van der Waals surface area contributed by atoms with Crippen LogP contribution in [0.4, 0.5) is 0 Å². The summed E-state index contributed by atoms with van der Waals surface area (Å²) in [7, 11) is 0. The quantitative estimate of drug-likeness (QED) is 0.187. The number of carboxylic acid groups (broad SMARTS) is 1. The molecule has 0 rings (SSSR count). The van der Waals surface area contributed by atoms with Crippen LogP contribution in [0.5, 0.6) is 0 Å². The molecular weight excluding hydrogens is 294 g/mol. The summed E-state index contributed by atoms with van der Waals surface area (Å²) in [6.45, 7) is 2.12. The van der Waals surface area contributed by atoms with Crippen LogP contribution in [0.15, 0.2) is 23.9 Å². The molecule has 0 heterocycles. The van der Waals surface area contributed by atoms with E-state index in [1.54, 1.807) is 6.08 Å². The van der Waals surface area contributed by atoms with Crippen molar-refractivity contribution in [2.24, 2.45) is 0 Å². The van der Waals surface area contributed by atoms with Gasteiger partial charge in [-0.2, -0.15) is 0 Å². The summed E-state index contributed by atoms with van der Waals surface area (Å²) < 4.78 is 0. The Morgan fingerprint density at radius 2 is 1.65 bits per heavy atom. The molecule has 0 aliphatic carbocycles. The van der Waals surface area contributed by atoms with E-state index in [9.17, 15) is 14.9 Å². The van der Waals surface area contributed by atoms with Crippen molar-refractivity contribution in [2.45, 2.75) is 84.0 Å². The molecule has 0 aromatic heterocycles. The van der Waals surface area contributed by atoms with Crippen molar-refractivity contribution in [3.05, 3.63) is 34.0 Å². The molecule has 0 spiro atoms. The standard InChI is InChI=1S/C18H31NO4/c1-2-3-4-11-14-17(19(22)23)15-12-9-7-5-6-8-10-13-16-18(20)21/h9,12,14H,2-8,10-11,13,15-16H2,1H3,(H,20,21)/b12-9-,17-14+. The Balaban J connectivity index is 3.72. The van der Waals surface area contributed by atoms with Gasteiger partial charge in [0.2, 0.25) is 5.70 Å². The predicted molar refractivity (Wildman–Crippen MR) is 92.9 cm³/mol. The monoisotopic (exact) mass is 325 g/mol. The van der Waals surface area contributed by atoms with Crippen molar-refractivity contribution >= 4 is 5.97 Å². The first kappa shape index (κ1) is 21.4. The third-order valence-electron chi connectivity index (χ3n) is 3.68. The molecule has 5 heteroatoms. The molecule has 0 aliphatic heterocycles. The van der Waals surface area contributed by atoms with Crippen LogP contribution in [-0.4, -0.2) is 16.0 Å². The summed E-state index contributed by atoms with van der Waals surface area (Å²) in [5, 5.41) is 19.5. The average Bonchev–Trinajstić information content (AvgIpc) is 2.50. The Morgan fingerprint density at radius 3 is 2.30 bits per heavy atom. The van der Waals surface area contributed by atoms with E-state index in [1.807, 2.05) is 12.2 Å². The zero-order valence-corrected chi connectivity index (χ0v) is 14.3. The lowest BCUT2D eigenvalue weighted by Crippen LogP contribution is -1.97. The summed E-state index contributed by atoms with van der Waals surface area (Å²) in [6.07, 6.45) is 16.2. The number of unbranched alkanes of at least 4 members (excludes halogenated alkanes) is 8. The second kappa shape index (κ2) is 15.3. The van der Waals surface area contributed by atoms with Crippen LogP contribution in [0.1, 0.15) is 84.0 Å². The Labute approximate surface area is 139 Å². The molecule has 0 bridgehead atoms. The van der Waals surface area contributed by atoms with Gasteiger partial charge >= 0.3 is 5.97 Å². The van der Waals surface area contributed by atoms with Crippen molar-refractivity contribution in [2.75, 3.05) is 0 Å². The van der Waals surface area contributed by atoms with Gasteiger partial charge in [0.1, 0.15) is 0 Å². The highest BCUT2D eigenvalue weighted by molar-refractivity contribution is 5.66. The van der Waals surface area contributed by atoms with E-state index in [0.29, 0.717) is 12.1 Å².